The molecule has 0 aromatic heterocycles. The van der Waals surface area contributed by atoms with Crippen molar-refractivity contribution in [1.82, 2.24) is 10.6 Å². The molecule has 0 unspecified atom stereocenters. The van der Waals surface area contributed by atoms with Gasteiger partial charge in [-0.05, 0) is 24.0 Å². The van der Waals surface area contributed by atoms with Gasteiger partial charge in [-0.1, -0.05) is 73.5 Å². The molecule has 3 rings (SSSR count). The van der Waals surface area contributed by atoms with E-state index in [4.69, 9.17) is 4.74 Å². The van der Waals surface area contributed by atoms with Crippen LogP contribution in [0.1, 0.15) is 42.9 Å². The SMILES string of the molecule is O=C(N[C@@H](C(=O)NC1CCCC1)c1ccccc1)OCc1ccccc1. The van der Waals surface area contributed by atoms with Gasteiger partial charge >= 0.3 is 6.09 Å². The Morgan fingerprint density at radius 2 is 1.58 bits per heavy atom. The average molecular weight is 352 g/mol. The number of carbonyl (C=O) groups excluding carboxylic acids is 2. The van der Waals surface area contributed by atoms with E-state index in [1.165, 1.54) is 0 Å². The Balaban J connectivity index is 1.63. The molecular formula is C21H24N2O3. The standard InChI is InChI=1S/C21H24N2O3/c24-20(22-18-13-7-8-14-18)19(17-11-5-2-6-12-17)23-21(25)26-15-16-9-3-1-4-10-16/h1-6,9-12,18-19H,7-8,13-15H2,(H,22,24)(H,23,25)/t19-/m1/s1. The first-order valence-electron chi connectivity index (χ1n) is 9.05. The summed E-state index contributed by atoms with van der Waals surface area (Å²) in [6, 6.07) is 18.1. The highest BCUT2D eigenvalue weighted by atomic mass is 16.5. The summed E-state index contributed by atoms with van der Waals surface area (Å²) < 4.78 is 5.27. The second-order valence-electron chi connectivity index (χ2n) is 6.54. The predicted octanol–water partition coefficient (Wildman–Crippen LogP) is 3.71. The fourth-order valence-corrected chi connectivity index (χ4v) is 3.18. The first-order chi connectivity index (χ1) is 12.7. The number of alkyl carbamates (subject to hydrolysis) is 1. The molecule has 1 saturated carbocycles. The van der Waals surface area contributed by atoms with Gasteiger partial charge in [0.15, 0.2) is 0 Å². The van der Waals surface area contributed by atoms with Gasteiger partial charge in [0.25, 0.3) is 0 Å². The van der Waals surface area contributed by atoms with Crippen molar-refractivity contribution in [2.24, 2.45) is 0 Å². The zero-order chi connectivity index (χ0) is 18.2. The monoisotopic (exact) mass is 352 g/mol. The number of ether oxygens (including phenoxy) is 1. The van der Waals surface area contributed by atoms with Gasteiger partial charge in [0.1, 0.15) is 12.6 Å². The number of carbonyl (C=O) groups is 2. The molecule has 0 spiro atoms. The zero-order valence-corrected chi connectivity index (χ0v) is 14.7. The fourth-order valence-electron chi connectivity index (χ4n) is 3.18. The van der Waals surface area contributed by atoms with Gasteiger partial charge in [-0.2, -0.15) is 0 Å². The third-order valence-corrected chi connectivity index (χ3v) is 4.57. The van der Waals surface area contributed by atoms with Crippen LogP contribution < -0.4 is 10.6 Å². The van der Waals surface area contributed by atoms with E-state index in [-0.39, 0.29) is 18.6 Å². The van der Waals surface area contributed by atoms with Crippen molar-refractivity contribution in [3.05, 3.63) is 71.8 Å². The molecule has 0 aliphatic heterocycles. The maximum atomic E-state index is 12.7. The molecule has 2 aromatic carbocycles. The molecule has 2 amide bonds. The Hall–Kier alpha value is -2.82. The van der Waals surface area contributed by atoms with Gasteiger partial charge in [-0.15, -0.1) is 0 Å². The molecule has 5 heteroatoms. The summed E-state index contributed by atoms with van der Waals surface area (Å²) in [5, 5.41) is 5.75. The van der Waals surface area contributed by atoms with E-state index in [1.807, 2.05) is 60.7 Å². The average Bonchev–Trinajstić information content (AvgIpc) is 3.19. The van der Waals surface area contributed by atoms with E-state index >= 15 is 0 Å². The normalized spacial score (nSPS) is 15.2. The zero-order valence-electron chi connectivity index (χ0n) is 14.7. The van der Waals surface area contributed by atoms with Crippen LogP contribution in [0.5, 0.6) is 0 Å². The van der Waals surface area contributed by atoms with Crippen LogP contribution in [-0.2, 0) is 16.1 Å². The van der Waals surface area contributed by atoms with E-state index in [0.717, 1.165) is 36.8 Å². The molecule has 26 heavy (non-hydrogen) atoms. The molecule has 2 N–H and O–H groups in total. The van der Waals surface area contributed by atoms with Crippen LogP contribution in [0, 0.1) is 0 Å². The van der Waals surface area contributed by atoms with Crippen molar-refractivity contribution in [2.45, 2.75) is 44.4 Å². The first-order valence-corrected chi connectivity index (χ1v) is 9.05. The molecule has 2 aromatic rings. The third-order valence-electron chi connectivity index (χ3n) is 4.57. The predicted molar refractivity (Wildman–Crippen MR) is 99.3 cm³/mol. The molecule has 1 atom stereocenters. The summed E-state index contributed by atoms with van der Waals surface area (Å²) in [7, 11) is 0. The van der Waals surface area contributed by atoms with Gasteiger partial charge < -0.3 is 15.4 Å². The lowest BCUT2D eigenvalue weighted by Crippen LogP contribution is -2.43. The smallest absolute Gasteiger partial charge is 0.408 e. The number of nitrogens with one attached hydrogen (secondary N) is 2. The minimum Gasteiger partial charge on any atom is -0.445 e. The van der Waals surface area contributed by atoms with Gasteiger partial charge in [-0.25, -0.2) is 4.79 Å². The summed E-state index contributed by atoms with van der Waals surface area (Å²) >= 11 is 0. The van der Waals surface area contributed by atoms with Gasteiger partial charge in [0.05, 0.1) is 0 Å². The second kappa shape index (κ2) is 9.04. The molecule has 0 heterocycles. The van der Waals surface area contributed by atoms with Crippen LogP contribution in [0.15, 0.2) is 60.7 Å². The highest BCUT2D eigenvalue weighted by Crippen LogP contribution is 2.20. The second-order valence-corrected chi connectivity index (χ2v) is 6.54. The largest absolute Gasteiger partial charge is 0.445 e. The Labute approximate surface area is 153 Å². The lowest BCUT2D eigenvalue weighted by molar-refractivity contribution is -0.123. The Bertz CT molecular complexity index is 713. The molecule has 0 saturated heterocycles. The van der Waals surface area contributed by atoms with Crippen LogP contribution in [0.4, 0.5) is 4.79 Å². The van der Waals surface area contributed by atoms with Crippen molar-refractivity contribution in [3.8, 4) is 0 Å². The lowest BCUT2D eigenvalue weighted by atomic mass is 10.1. The van der Waals surface area contributed by atoms with Crippen molar-refractivity contribution >= 4 is 12.0 Å². The third kappa shape index (κ3) is 5.09. The van der Waals surface area contributed by atoms with Crippen molar-refractivity contribution < 1.29 is 14.3 Å². The lowest BCUT2D eigenvalue weighted by Gasteiger charge is -2.21. The van der Waals surface area contributed by atoms with Crippen LogP contribution in [0.3, 0.4) is 0 Å². The van der Waals surface area contributed by atoms with E-state index in [0.29, 0.717) is 0 Å². The molecule has 0 radical (unpaired) electrons. The quantitative estimate of drug-likeness (QED) is 0.833. The minimum atomic E-state index is -0.764. The summed E-state index contributed by atoms with van der Waals surface area (Å²) in [5.41, 5.74) is 1.63. The maximum Gasteiger partial charge on any atom is 0.408 e. The van der Waals surface area contributed by atoms with Crippen molar-refractivity contribution in [2.75, 3.05) is 0 Å². The van der Waals surface area contributed by atoms with E-state index in [2.05, 4.69) is 10.6 Å². The summed E-state index contributed by atoms with van der Waals surface area (Å²) in [6.07, 6.45) is 3.64. The number of hydrogen-bond donors (Lipinski definition) is 2. The molecule has 0 bridgehead atoms. The number of benzene rings is 2. The van der Waals surface area contributed by atoms with E-state index < -0.39 is 12.1 Å². The topological polar surface area (TPSA) is 67.4 Å². The summed E-state index contributed by atoms with van der Waals surface area (Å²) in [6.45, 7) is 0.165. The molecule has 1 aliphatic carbocycles. The van der Waals surface area contributed by atoms with E-state index in [1.54, 1.807) is 0 Å². The van der Waals surface area contributed by atoms with Crippen LogP contribution in [-0.4, -0.2) is 18.0 Å². The fraction of sp³-hybridized carbons (Fsp3) is 0.333. The summed E-state index contributed by atoms with van der Waals surface area (Å²) in [4.78, 5) is 25.0. The Morgan fingerprint density at radius 1 is 0.962 bits per heavy atom. The van der Waals surface area contributed by atoms with E-state index in [9.17, 15) is 9.59 Å². The number of rotatable bonds is 6. The highest BCUT2D eigenvalue weighted by molar-refractivity contribution is 5.87. The van der Waals surface area contributed by atoms with Crippen LogP contribution in [0.2, 0.25) is 0 Å². The van der Waals surface area contributed by atoms with Crippen molar-refractivity contribution in [3.63, 3.8) is 0 Å². The Morgan fingerprint density at radius 3 is 2.23 bits per heavy atom. The Kier molecular flexibility index (Phi) is 6.25. The number of hydrogen-bond acceptors (Lipinski definition) is 3. The molecule has 1 aliphatic rings. The van der Waals surface area contributed by atoms with Gasteiger partial charge in [-0.3, -0.25) is 4.79 Å². The highest BCUT2D eigenvalue weighted by Gasteiger charge is 2.26. The van der Waals surface area contributed by atoms with Crippen molar-refractivity contribution in [1.29, 1.82) is 0 Å². The minimum absolute atomic E-state index is 0.165. The molecular weight excluding hydrogens is 328 g/mol. The van der Waals surface area contributed by atoms with Gasteiger partial charge in [0, 0.05) is 6.04 Å². The first kappa shape index (κ1) is 18.0. The molecule has 5 nitrogen and oxygen atoms in total. The van der Waals surface area contributed by atoms with Crippen LogP contribution in [0.25, 0.3) is 0 Å². The maximum absolute atomic E-state index is 12.7. The summed E-state index contributed by atoms with van der Waals surface area (Å²) in [5.74, 6) is -0.195. The number of amides is 2. The van der Waals surface area contributed by atoms with Crippen LogP contribution >= 0.6 is 0 Å². The molecule has 136 valence electrons. The van der Waals surface area contributed by atoms with Gasteiger partial charge in [0.2, 0.25) is 5.91 Å². The molecule has 1 fully saturated rings.